The molecule has 0 saturated heterocycles. The third-order valence-corrected chi connectivity index (χ3v) is 2.81. The molecule has 4 heteroatoms. The van der Waals surface area contributed by atoms with E-state index in [9.17, 15) is 4.79 Å². The molecular weight excluding hydrogens is 204 g/mol. The van der Waals surface area contributed by atoms with Gasteiger partial charge in [0.25, 0.3) is 0 Å². The number of amides is 1. The first-order valence-corrected chi connectivity index (χ1v) is 5.81. The molecule has 96 valence electrons. The van der Waals surface area contributed by atoms with Crippen LogP contribution in [-0.4, -0.2) is 31.7 Å². The van der Waals surface area contributed by atoms with Crippen LogP contribution in [0.25, 0.3) is 0 Å². The summed E-state index contributed by atoms with van der Waals surface area (Å²) < 4.78 is 5.74. The molecule has 0 heterocycles. The Bertz CT molecular complexity index is 225. The van der Waals surface area contributed by atoms with Crippen molar-refractivity contribution in [1.82, 2.24) is 5.32 Å². The second-order valence-electron chi connectivity index (χ2n) is 5.36. The van der Waals surface area contributed by atoms with Crippen molar-refractivity contribution in [3.63, 3.8) is 0 Å². The van der Waals surface area contributed by atoms with Gasteiger partial charge in [0.2, 0.25) is 5.91 Å². The van der Waals surface area contributed by atoms with Crippen molar-refractivity contribution < 1.29 is 9.53 Å². The third-order valence-electron chi connectivity index (χ3n) is 2.81. The van der Waals surface area contributed by atoms with E-state index in [2.05, 4.69) is 5.32 Å². The Morgan fingerprint density at radius 3 is 2.25 bits per heavy atom. The van der Waals surface area contributed by atoms with E-state index >= 15 is 0 Å². The summed E-state index contributed by atoms with van der Waals surface area (Å²) in [6.07, 6.45) is 1.54. The zero-order chi connectivity index (χ0) is 12.8. The minimum atomic E-state index is -0.381. The summed E-state index contributed by atoms with van der Waals surface area (Å²) in [7, 11) is 1.66. The molecule has 0 saturated carbocycles. The Hall–Kier alpha value is -0.610. The monoisotopic (exact) mass is 230 g/mol. The SMILES string of the molecule is CNC(=O)C(C)(C)CCOC(C)(C)CCN. The van der Waals surface area contributed by atoms with Crippen LogP contribution in [0, 0.1) is 5.41 Å². The van der Waals surface area contributed by atoms with E-state index in [0.29, 0.717) is 19.6 Å². The lowest BCUT2D eigenvalue weighted by Crippen LogP contribution is -2.36. The van der Waals surface area contributed by atoms with E-state index in [-0.39, 0.29) is 16.9 Å². The Labute approximate surface area is 98.9 Å². The molecule has 4 nitrogen and oxygen atoms in total. The normalized spacial score (nSPS) is 12.6. The maximum absolute atomic E-state index is 11.5. The van der Waals surface area contributed by atoms with E-state index in [1.54, 1.807) is 7.05 Å². The zero-order valence-electron chi connectivity index (χ0n) is 11.2. The van der Waals surface area contributed by atoms with Crippen LogP contribution in [0.3, 0.4) is 0 Å². The fourth-order valence-corrected chi connectivity index (χ4v) is 1.45. The molecule has 0 rings (SSSR count). The van der Waals surface area contributed by atoms with Crippen molar-refractivity contribution in [3.05, 3.63) is 0 Å². The molecular formula is C12H26N2O2. The predicted molar refractivity (Wildman–Crippen MR) is 66.2 cm³/mol. The highest BCUT2D eigenvalue weighted by Gasteiger charge is 2.27. The molecule has 1 amide bonds. The molecule has 0 aliphatic rings. The summed E-state index contributed by atoms with van der Waals surface area (Å²) in [6, 6.07) is 0. The minimum Gasteiger partial charge on any atom is -0.375 e. The topological polar surface area (TPSA) is 64.3 Å². The molecule has 0 spiro atoms. The van der Waals surface area contributed by atoms with Crippen molar-refractivity contribution in [3.8, 4) is 0 Å². The Morgan fingerprint density at radius 2 is 1.81 bits per heavy atom. The molecule has 0 radical (unpaired) electrons. The lowest BCUT2D eigenvalue weighted by Gasteiger charge is -2.28. The first-order chi connectivity index (χ1) is 7.25. The van der Waals surface area contributed by atoms with Gasteiger partial charge in [0.1, 0.15) is 0 Å². The van der Waals surface area contributed by atoms with Crippen LogP contribution in [0.1, 0.15) is 40.5 Å². The maximum atomic E-state index is 11.5. The van der Waals surface area contributed by atoms with Gasteiger partial charge < -0.3 is 15.8 Å². The van der Waals surface area contributed by atoms with Crippen molar-refractivity contribution in [2.75, 3.05) is 20.2 Å². The lowest BCUT2D eigenvalue weighted by molar-refractivity contribution is -0.130. The Balaban J connectivity index is 4.02. The van der Waals surface area contributed by atoms with Gasteiger partial charge in [-0.3, -0.25) is 4.79 Å². The van der Waals surface area contributed by atoms with Crippen LogP contribution in [0.4, 0.5) is 0 Å². The van der Waals surface area contributed by atoms with Gasteiger partial charge in [-0.2, -0.15) is 0 Å². The van der Waals surface area contributed by atoms with Crippen molar-refractivity contribution in [1.29, 1.82) is 0 Å². The highest BCUT2D eigenvalue weighted by molar-refractivity contribution is 5.81. The molecule has 0 aromatic rings. The second-order valence-corrected chi connectivity index (χ2v) is 5.36. The molecule has 0 aromatic heterocycles. The number of carbonyl (C=O) groups excluding carboxylic acids is 1. The quantitative estimate of drug-likeness (QED) is 0.692. The van der Waals surface area contributed by atoms with E-state index in [4.69, 9.17) is 10.5 Å². The summed E-state index contributed by atoms with van der Waals surface area (Å²) in [5, 5.41) is 2.66. The highest BCUT2D eigenvalue weighted by Crippen LogP contribution is 2.22. The molecule has 16 heavy (non-hydrogen) atoms. The Morgan fingerprint density at radius 1 is 1.25 bits per heavy atom. The van der Waals surface area contributed by atoms with Crippen LogP contribution in [0.15, 0.2) is 0 Å². The van der Waals surface area contributed by atoms with E-state index < -0.39 is 0 Å². The molecule has 3 N–H and O–H groups in total. The van der Waals surface area contributed by atoms with Gasteiger partial charge in [-0.1, -0.05) is 13.8 Å². The van der Waals surface area contributed by atoms with Gasteiger partial charge in [-0.25, -0.2) is 0 Å². The average molecular weight is 230 g/mol. The highest BCUT2D eigenvalue weighted by atomic mass is 16.5. The second kappa shape index (κ2) is 6.21. The first-order valence-electron chi connectivity index (χ1n) is 5.81. The minimum absolute atomic E-state index is 0.0488. The number of hydrogen-bond donors (Lipinski definition) is 2. The van der Waals surface area contributed by atoms with Gasteiger partial charge in [-0.15, -0.1) is 0 Å². The molecule has 0 bridgehead atoms. The summed E-state index contributed by atoms with van der Waals surface area (Å²) >= 11 is 0. The molecule has 0 aliphatic carbocycles. The smallest absolute Gasteiger partial charge is 0.225 e. The van der Waals surface area contributed by atoms with Crippen molar-refractivity contribution in [2.24, 2.45) is 11.1 Å². The van der Waals surface area contributed by atoms with Gasteiger partial charge >= 0.3 is 0 Å². The van der Waals surface area contributed by atoms with Crippen LogP contribution < -0.4 is 11.1 Å². The standard InChI is InChI=1S/C12H26N2O2/c1-11(2,10(15)14-5)7-9-16-12(3,4)6-8-13/h6-9,13H2,1-5H3,(H,14,15). The number of nitrogens with one attached hydrogen (secondary N) is 1. The van der Waals surface area contributed by atoms with E-state index in [0.717, 1.165) is 6.42 Å². The zero-order valence-corrected chi connectivity index (χ0v) is 11.2. The number of carbonyl (C=O) groups is 1. The van der Waals surface area contributed by atoms with Crippen molar-refractivity contribution >= 4 is 5.91 Å². The van der Waals surface area contributed by atoms with Gasteiger partial charge in [-0.05, 0) is 33.2 Å². The number of hydrogen-bond acceptors (Lipinski definition) is 3. The van der Waals surface area contributed by atoms with Gasteiger partial charge in [0, 0.05) is 19.1 Å². The number of nitrogens with two attached hydrogens (primary N) is 1. The van der Waals surface area contributed by atoms with Crippen LogP contribution >= 0.6 is 0 Å². The van der Waals surface area contributed by atoms with Crippen LogP contribution in [0.5, 0.6) is 0 Å². The fourth-order valence-electron chi connectivity index (χ4n) is 1.45. The van der Waals surface area contributed by atoms with Gasteiger partial charge in [0.05, 0.1) is 5.60 Å². The summed E-state index contributed by atoms with van der Waals surface area (Å²) in [5.41, 5.74) is 4.92. The molecule has 0 aromatic carbocycles. The summed E-state index contributed by atoms with van der Waals surface area (Å²) in [5.74, 6) is 0.0488. The van der Waals surface area contributed by atoms with E-state index in [1.165, 1.54) is 0 Å². The molecule has 0 aliphatic heterocycles. The number of rotatable bonds is 7. The lowest BCUT2D eigenvalue weighted by atomic mass is 9.88. The number of ether oxygens (including phenoxy) is 1. The maximum Gasteiger partial charge on any atom is 0.225 e. The fraction of sp³-hybridized carbons (Fsp3) is 0.917. The molecule has 0 atom stereocenters. The van der Waals surface area contributed by atoms with Crippen molar-refractivity contribution in [2.45, 2.75) is 46.1 Å². The Kier molecular flexibility index (Phi) is 5.97. The average Bonchev–Trinajstić information content (AvgIpc) is 2.15. The predicted octanol–water partition coefficient (Wildman–Crippen LogP) is 1.29. The van der Waals surface area contributed by atoms with Crippen LogP contribution in [-0.2, 0) is 9.53 Å². The first kappa shape index (κ1) is 15.4. The third kappa shape index (κ3) is 5.47. The summed E-state index contributed by atoms with van der Waals surface area (Å²) in [4.78, 5) is 11.5. The van der Waals surface area contributed by atoms with Gasteiger partial charge in [0.15, 0.2) is 0 Å². The molecule has 0 unspecified atom stereocenters. The summed E-state index contributed by atoms with van der Waals surface area (Å²) in [6.45, 7) is 9.08. The van der Waals surface area contributed by atoms with E-state index in [1.807, 2.05) is 27.7 Å². The largest absolute Gasteiger partial charge is 0.375 e. The molecule has 0 fully saturated rings. The van der Waals surface area contributed by atoms with Crippen LogP contribution in [0.2, 0.25) is 0 Å².